The third-order valence-corrected chi connectivity index (χ3v) is 3.62. The predicted molar refractivity (Wildman–Crippen MR) is 79.7 cm³/mol. The molecule has 94 valence electrons. The highest BCUT2D eigenvalue weighted by Crippen LogP contribution is 2.34. The minimum Gasteiger partial charge on any atom is -0.398 e. The van der Waals surface area contributed by atoms with Crippen LogP contribution in [0.4, 0.5) is 11.4 Å². The monoisotopic (exact) mass is 240 g/mol. The normalized spacial score (nSPS) is 10.7. The number of rotatable bonds is 1. The lowest BCUT2D eigenvalue weighted by Gasteiger charge is -2.14. The van der Waals surface area contributed by atoms with E-state index in [2.05, 4.69) is 39.8 Å². The average Bonchev–Trinajstić information content (AvgIpc) is 2.29. The maximum Gasteiger partial charge on any atom is 0.0397 e. The second-order valence-electron chi connectivity index (χ2n) is 5.05. The summed E-state index contributed by atoms with van der Waals surface area (Å²) in [5.74, 6) is 0. The average molecular weight is 240 g/mol. The van der Waals surface area contributed by atoms with E-state index in [-0.39, 0.29) is 0 Å². The van der Waals surface area contributed by atoms with Crippen molar-refractivity contribution in [3.63, 3.8) is 0 Å². The van der Waals surface area contributed by atoms with E-state index in [0.29, 0.717) is 0 Å². The van der Waals surface area contributed by atoms with Crippen LogP contribution >= 0.6 is 0 Å². The quantitative estimate of drug-likeness (QED) is 0.746. The van der Waals surface area contributed by atoms with Crippen LogP contribution in [0.25, 0.3) is 11.1 Å². The van der Waals surface area contributed by atoms with Gasteiger partial charge in [0.2, 0.25) is 0 Å². The van der Waals surface area contributed by atoms with Gasteiger partial charge >= 0.3 is 0 Å². The summed E-state index contributed by atoms with van der Waals surface area (Å²) in [6.07, 6.45) is 0. The summed E-state index contributed by atoms with van der Waals surface area (Å²) >= 11 is 0. The lowest BCUT2D eigenvalue weighted by Crippen LogP contribution is -1.98. The number of nitrogen functional groups attached to an aromatic ring is 2. The van der Waals surface area contributed by atoms with Crippen molar-refractivity contribution in [1.29, 1.82) is 0 Å². The minimum atomic E-state index is 0.785. The molecule has 2 nitrogen and oxygen atoms in total. The third kappa shape index (κ3) is 2.06. The smallest absolute Gasteiger partial charge is 0.0397 e. The van der Waals surface area contributed by atoms with E-state index in [1.165, 1.54) is 22.3 Å². The van der Waals surface area contributed by atoms with Crippen molar-refractivity contribution in [1.82, 2.24) is 0 Å². The van der Waals surface area contributed by atoms with Gasteiger partial charge in [-0.3, -0.25) is 0 Å². The summed E-state index contributed by atoms with van der Waals surface area (Å²) in [7, 11) is 0. The zero-order valence-electron chi connectivity index (χ0n) is 11.5. The molecular weight excluding hydrogens is 220 g/mol. The second kappa shape index (κ2) is 4.37. The zero-order valence-corrected chi connectivity index (χ0v) is 11.5. The lowest BCUT2D eigenvalue weighted by atomic mass is 9.94. The Labute approximate surface area is 109 Å². The van der Waals surface area contributed by atoms with Crippen LogP contribution in [-0.4, -0.2) is 0 Å². The highest BCUT2D eigenvalue weighted by molar-refractivity contribution is 5.85. The highest BCUT2D eigenvalue weighted by Gasteiger charge is 2.10. The first-order valence-electron chi connectivity index (χ1n) is 6.14. The van der Waals surface area contributed by atoms with Gasteiger partial charge in [0.1, 0.15) is 0 Å². The Morgan fingerprint density at radius 2 is 0.833 bits per heavy atom. The molecule has 2 heteroatoms. The molecule has 0 spiro atoms. The molecular formula is C16H20N2. The van der Waals surface area contributed by atoms with E-state index >= 15 is 0 Å². The van der Waals surface area contributed by atoms with Crippen LogP contribution in [0, 0.1) is 27.7 Å². The van der Waals surface area contributed by atoms with Crippen molar-refractivity contribution < 1.29 is 0 Å². The molecule has 0 saturated heterocycles. The van der Waals surface area contributed by atoms with E-state index in [1.54, 1.807) is 0 Å². The molecule has 0 heterocycles. The first-order valence-corrected chi connectivity index (χ1v) is 6.14. The van der Waals surface area contributed by atoms with Crippen LogP contribution in [-0.2, 0) is 0 Å². The molecule has 0 aliphatic rings. The molecule has 4 N–H and O–H groups in total. The van der Waals surface area contributed by atoms with E-state index in [4.69, 9.17) is 11.5 Å². The number of aryl methyl sites for hydroxylation is 4. The molecule has 0 amide bonds. The number of nitrogens with two attached hydrogens (primary N) is 2. The van der Waals surface area contributed by atoms with E-state index in [1.807, 2.05) is 12.1 Å². The Bertz CT molecular complexity index is 557. The fourth-order valence-electron chi connectivity index (χ4n) is 2.14. The minimum absolute atomic E-state index is 0.785. The maximum atomic E-state index is 6.12. The van der Waals surface area contributed by atoms with Gasteiger partial charge < -0.3 is 11.5 Å². The van der Waals surface area contributed by atoms with E-state index < -0.39 is 0 Å². The first-order chi connectivity index (χ1) is 8.40. The number of hydrogen-bond acceptors (Lipinski definition) is 2. The fourth-order valence-corrected chi connectivity index (χ4v) is 2.14. The zero-order chi connectivity index (χ0) is 13.4. The molecule has 0 unspecified atom stereocenters. The molecule has 0 aromatic heterocycles. The van der Waals surface area contributed by atoms with Gasteiger partial charge in [0.15, 0.2) is 0 Å². The largest absolute Gasteiger partial charge is 0.398 e. The van der Waals surface area contributed by atoms with Crippen LogP contribution in [0.3, 0.4) is 0 Å². The van der Waals surface area contributed by atoms with Gasteiger partial charge in [-0.05, 0) is 74.2 Å². The Hall–Kier alpha value is -1.96. The molecule has 0 aliphatic carbocycles. The van der Waals surface area contributed by atoms with Crippen molar-refractivity contribution in [2.24, 2.45) is 0 Å². The summed E-state index contributed by atoms with van der Waals surface area (Å²) in [5.41, 5.74) is 20.8. The van der Waals surface area contributed by atoms with Gasteiger partial charge in [-0.25, -0.2) is 0 Å². The summed E-state index contributed by atoms with van der Waals surface area (Å²) in [5, 5.41) is 0. The predicted octanol–water partition coefficient (Wildman–Crippen LogP) is 3.75. The standard InChI is InChI=1S/C16H20N2/c1-9-5-13(15(17)7-11(9)3)14-6-10(2)12(4)8-16(14)18/h5-8H,17-18H2,1-4H3. The van der Waals surface area contributed by atoms with Crippen molar-refractivity contribution in [3.8, 4) is 11.1 Å². The van der Waals surface area contributed by atoms with Crippen LogP contribution < -0.4 is 11.5 Å². The van der Waals surface area contributed by atoms with Crippen molar-refractivity contribution in [3.05, 3.63) is 46.5 Å². The van der Waals surface area contributed by atoms with Gasteiger partial charge in [-0.1, -0.05) is 0 Å². The molecule has 2 aromatic carbocycles. The summed E-state index contributed by atoms with van der Waals surface area (Å²) in [6, 6.07) is 8.26. The Morgan fingerprint density at radius 3 is 1.17 bits per heavy atom. The van der Waals surface area contributed by atoms with Crippen molar-refractivity contribution in [2.45, 2.75) is 27.7 Å². The van der Waals surface area contributed by atoms with Gasteiger partial charge in [-0.15, -0.1) is 0 Å². The van der Waals surface area contributed by atoms with Crippen LogP contribution in [0.2, 0.25) is 0 Å². The first kappa shape index (κ1) is 12.5. The van der Waals surface area contributed by atoms with E-state index in [9.17, 15) is 0 Å². The molecule has 0 atom stereocenters. The summed E-state index contributed by atoms with van der Waals surface area (Å²) in [4.78, 5) is 0. The topological polar surface area (TPSA) is 52.0 Å². The van der Waals surface area contributed by atoms with Gasteiger partial charge in [-0.2, -0.15) is 0 Å². The molecule has 0 aliphatic heterocycles. The van der Waals surface area contributed by atoms with Gasteiger partial charge in [0, 0.05) is 22.5 Å². The van der Waals surface area contributed by atoms with Crippen molar-refractivity contribution >= 4 is 11.4 Å². The van der Waals surface area contributed by atoms with Gasteiger partial charge in [0.05, 0.1) is 0 Å². The molecule has 0 saturated carbocycles. The number of anilines is 2. The third-order valence-electron chi connectivity index (χ3n) is 3.62. The van der Waals surface area contributed by atoms with Crippen LogP contribution in [0.15, 0.2) is 24.3 Å². The highest BCUT2D eigenvalue weighted by atomic mass is 14.6. The number of benzene rings is 2. The molecule has 0 bridgehead atoms. The Balaban J connectivity index is 2.69. The van der Waals surface area contributed by atoms with Crippen molar-refractivity contribution in [2.75, 3.05) is 11.5 Å². The van der Waals surface area contributed by atoms with E-state index in [0.717, 1.165) is 22.5 Å². The lowest BCUT2D eigenvalue weighted by molar-refractivity contribution is 1.32. The molecule has 0 fully saturated rings. The molecule has 2 rings (SSSR count). The maximum absolute atomic E-state index is 6.12. The summed E-state index contributed by atoms with van der Waals surface area (Å²) < 4.78 is 0. The second-order valence-corrected chi connectivity index (χ2v) is 5.05. The Kier molecular flexibility index (Phi) is 3.04. The van der Waals surface area contributed by atoms with Gasteiger partial charge in [0.25, 0.3) is 0 Å². The fraction of sp³-hybridized carbons (Fsp3) is 0.250. The number of hydrogen-bond donors (Lipinski definition) is 2. The summed E-state index contributed by atoms with van der Waals surface area (Å²) in [6.45, 7) is 8.32. The SMILES string of the molecule is Cc1cc(N)c(-c2cc(C)c(C)cc2N)cc1C. The van der Waals surface area contributed by atoms with Crippen LogP contribution in [0.5, 0.6) is 0 Å². The molecule has 18 heavy (non-hydrogen) atoms. The van der Waals surface area contributed by atoms with Crippen LogP contribution in [0.1, 0.15) is 22.3 Å². The molecule has 0 radical (unpaired) electrons. The molecule has 2 aromatic rings. The Morgan fingerprint density at radius 1 is 0.556 bits per heavy atom.